The zero-order valence-corrected chi connectivity index (χ0v) is 7.98. The van der Waals surface area contributed by atoms with E-state index in [1.165, 1.54) is 6.33 Å². The highest BCUT2D eigenvalue weighted by Gasteiger charge is 2.27. The number of alkyl halides is 3. The highest BCUT2D eigenvalue weighted by molar-refractivity contribution is 5.77. The average Bonchev–Trinajstić information content (AvgIpc) is 2.65. The molecule has 0 bridgehead atoms. The van der Waals surface area contributed by atoms with Crippen LogP contribution in [0, 0.1) is 5.82 Å². The van der Waals surface area contributed by atoms with Crippen molar-refractivity contribution in [3.05, 3.63) is 24.0 Å². The summed E-state index contributed by atoms with van der Waals surface area (Å²) >= 11 is 0. The van der Waals surface area contributed by atoms with Crippen LogP contribution in [0.15, 0.2) is 12.5 Å². The fraction of sp³-hybridized carbons (Fsp3) is 0.333. The first-order chi connectivity index (χ1) is 7.47. The Bertz CT molecular complexity index is 503. The van der Waals surface area contributed by atoms with Crippen molar-refractivity contribution < 1.29 is 17.6 Å². The number of aromatic nitrogens is 3. The molecule has 2 aromatic rings. The van der Waals surface area contributed by atoms with Gasteiger partial charge in [-0.05, 0) is 0 Å². The summed E-state index contributed by atoms with van der Waals surface area (Å²) in [6.07, 6.45) is -3.41. The fourth-order valence-corrected chi connectivity index (χ4v) is 1.41. The third-order valence-corrected chi connectivity index (χ3v) is 2.13. The Labute approximate surface area is 87.5 Å². The van der Waals surface area contributed by atoms with E-state index in [0.29, 0.717) is 0 Å². The number of hydrogen-bond donors (Lipinski definition) is 1. The van der Waals surface area contributed by atoms with Crippen LogP contribution in [0.5, 0.6) is 0 Å². The van der Waals surface area contributed by atoms with Gasteiger partial charge in [0.05, 0.1) is 23.7 Å². The first-order valence-corrected chi connectivity index (χ1v) is 4.50. The maximum atomic E-state index is 13.1. The largest absolute Gasteiger partial charge is 0.389 e. The van der Waals surface area contributed by atoms with Gasteiger partial charge in [-0.15, -0.1) is 0 Å². The average molecular weight is 233 g/mol. The van der Waals surface area contributed by atoms with Gasteiger partial charge < -0.3 is 4.98 Å². The number of imidazole rings is 1. The lowest BCUT2D eigenvalue weighted by molar-refractivity contribution is -0.134. The number of H-pyrrole nitrogens is 1. The molecular formula is C9H7F4N3. The summed E-state index contributed by atoms with van der Waals surface area (Å²) < 4.78 is 49.2. The van der Waals surface area contributed by atoms with Crippen LogP contribution in [0.3, 0.4) is 0 Å². The third kappa shape index (κ3) is 2.12. The quantitative estimate of drug-likeness (QED) is 0.810. The molecule has 0 aliphatic carbocycles. The van der Waals surface area contributed by atoms with Crippen molar-refractivity contribution in [1.82, 2.24) is 15.0 Å². The Morgan fingerprint density at radius 3 is 2.69 bits per heavy atom. The van der Waals surface area contributed by atoms with Gasteiger partial charge in [-0.2, -0.15) is 13.2 Å². The molecule has 2 heterocycles. The van der Waals surface area contributed by atoms with Crippen molar-refractivity contribution in [3.8, 4) is 0 Å². The van der Waals surface area contributed by atoms with Gasteiger partial charge in [0, 0.05) is 12.8 Å². The molecule has 0 aromatic carbocycles. The van der Waals surface area contributed by atoms with Crippen LogP contribution in [-0.2, 0) is 6.42 Å². The van der Waals surface area contributed by atoms with Crippen molar-refractivity contribution in [3.63, 3.8) is 0 Å². The van der Waals surface area contributed by atoms with E-state index >= 15 is 0 Å². The van der Waals surface area contributed by atoms with Gasteiger partial charge in [-0.25, -0.2) is 9.37 Å². The Morgan fingerprint density at radius 1 is 1.25 bits per heavy atom. The lowest BCUT2D eigenvalue weighted by Crippen LogP contribution is -2.09. The summed E-state index contributed by atoms with van der Waals surface area (Å²) in [5.74, 6) is -0.646. The number of aryl methyl sites for hydroxylation is 1. The molecule has 3 nitrogen and oxygen atoms in total. The van der Waals surface area contributed by atoms with Gasteiger partial charge in [0.2, 0.25) is 0 Å². The summed E-state index contributed by atoms with van der Waals surface area (Å²) in [6, 6.07) is 0. The highest BCUT2D eigenvalue weighted by atomic mass is 19.4. The number of fused-ring (bicyclic) bond motifs is 1. The molecule has 86 valence electrons. The standard InChI is InChI=1S/C9H7F4N3/c10-5-3-14-6(1-2-9(11,12)13)8-7(5)15-4-16-8/h3-4H,1-2H2,(H,15,16). The smallest absolute Gasteiger partial charge is 0.343 e. The number of nitrogens with one attached hydrogen (secondary N) is 1. The minimum atomic E-state index is -4.25. The number of rotatable bonds is 2. The predicted octanol–water partition coefficient (Wildman–Crippen LogP) is 2.59. The van der Waals surface area contributed by atoms with Crippen molar-refractivity contribution in [1.29, 1.82) is 0 Å². The van der Waals surface area contributed by atoms with Crippen LogP contribution in [-0.4, -0.2) is 21.1 Å². The van der Waals surface area contributed by atoms with Crippen LogP contribution in [0.1, 0.15) is 12.1 Å². The predicted molar refractivity (Wildman–Crippen MR) is 48.2 cm³/mol. The summed E-state index contributed by atoms with van der Waals surface area (Å²) in [5, 5.41) is 0. The number of aromatic amines is 1. The van der Waals surface area contributed by atoms with E-state index in [2.05, 4.69) is 15.0 Å². The van der Waals surface area contributed by atoms with Crippen LogP contribution in [0.2, 0.25) is 0 Å². The van der Waals surface area contributed by atoms with E-state index in [0.717, 1.165) is 6.20 Å². The van der Waals surface area contributed by atoms with Crippen molar-refractivity contribution in [2.45, 2.75) is 19.0 Å². The topological polar surface area (TPSA) is 41.6 Å². The molecule has 1 N–H and O–H groups in total. The molecule has 0 saturated heterocycles. The monoisotopic (exact) mass is 233 g/mol. The van der Waals surface area contributed by atoms with Gasteiger partial charge in [0.1, 0.15) is 5.52 Å². The molecular weight excluding hydrogens is 226 g/mol. The molecule has 0 aliphatic rings. The van der Waals surface area contributed by atoms with Crippen LogP contribution < -0.4 is 0 Å². The molecule has 0 radical (unpaired) electrons. The molecule has 0 saturated carbocycles. The van der Waals surface area contributed by atoms with Gasteiger partial charge in [0.25, 0.3) is 0 Å². The number of pyridine rings is 1. The second-order valence-corrected chi connectivity index (χ2v) is 3.29. The van der Waals surface area contributed by atoms with Crippen molar-refractivity contribution in [2.24, 2.45) is 0 Å². The zero-order chi connectivity index (χ0) is 11.8. The van der Waals surface area contributed by atoms with Crippen molar-refractivity contribution in [2.75, 3.05) is 0 Å². The zero-order valence-electron chi connectivity index (χ0n) is 7.98. The maximum Gasteiger partial charge on any atom is 0.389 e. The second kappa shape index (κ2) is 3.73. The minimum Gasteiger partial charge on any atom is -0.343 e. The molecule has 0 spiro atoms. The van der Waals surface area contributed by atoms with Crippen molar-refractivity contribution >= 4 is 11.0 Å². The minimum absolute atomic E-state index is 0.0205. The van der Waals surface area contributed by atoms with Gasteiger partial charge in [-0.1, -0.05) is 0 Å². The molecule has 0 fully saturated rings. The Hall–Kier alpha value is -1.66. The van der Waals surface area contributed by atoms with Crippen LogP contribution in [0.4, 0.5) is 17.6 Å². The number of hydrogen-bond acceptors (Lipinski definition) is 2. The lowest BCUT2D eigenvalue weighted by Gasteiger charge is -2.06. The maximum absolute atomic E-state index is 13.1. The molecule has 2 aromatic heterocycles. The number of nitrogens with zero attached hydrogens (tertiary/aromatic N) is 2. The Kier molecular flexibility index (Phi) is 2.53. The SMILES string of the molecule is Fc1cnc(CCC(F)(F)F)c2[nH]cnc12. The van der Waals surface area contributed by atoms with Gasteiger partial charge in [-0.3, -0.25) is 4.98 Å². The lowest BCUT2D eigenvalue weighted by atomic mass is 10.2. The highest BCUT2D eigenvalue weighted by Crippen LogP contribution is 2.24. The third-order valence-electron chi connectivity index (χ3n) is 2.13. The van der Waals surface area contributed by atoms with Gasteiger partial charge >= 0.3 is 6.18 Å². The fourth-order valence-electron chi connectivity index (χ4n) is 1.41. The van der Waals surface area contributed by atoms with Gasteiger partial charge in [0.15, 0.2) is 5.82 Å². The Morgan fingerprint density at radius 2 is 2.00 bits per heavy atom. The van der Waals surface area contributed by atoms with Crippen LogP contribution >= 0.6 is 0 Å². The molecule has 0 atom stereocenters. The second-order valence-electron chi connectivity index (χ2n) is 3.29. The first-order valence-electron chi connectivity index (χ1n) is 4.50. The number of halogens is 4. The molecule has 0 amide bonds. The summed E-state index contributed by atoms with van der Waals surface area (Å²) in [4.78, 5) is 9.89. The summed E-state index contributed by atoms with van der Waals surface area (Å²) in [5.41, 5.74) is 0.419. The molecule has 0 aliphatic heterocycles. The summed E-state index contributed by atoms with van der Waals surface area (Å²) in [6.45, 7) is 0. The molecule has 16 heavy (non-hydrogen) atoms. The molecule has 0 unspecified atom stereocenters. The summed E-state index contributed by atoms with van der Waals surface area (Å²) in [7, 11) is 0. The van der Waals surface area contributed by atoms with E-state index in [1.54, 1.807) is 0 Å². The van der Waals surface area contributed by atoms with E-state index < -0.39 is 18.4 Å². The Balaban J connectivity index is 2.31. The van der Waals surface area contributed by atoms with Crippen LogP contribution in [0.25, 0.3) is 11.0 Å². The molecule has 2 rings (SSSR count). The van der Waals surface area contributed by atoms with E-state index in [1.807, 2.05) is 0 Å². The normalized spacial score (nSPS) is 12.2. The first kappa shape index (κ1) is 10.8. The molecule has 7 heteroatoms. The van der Waals surface area contributed by atoms with E-state index in [-0.39, 0.29) is 23.1 Å². The van der Waals surface area contributed by atoms with E-state index in [9.17, 15) is 17.6 Å². The van der Waals surface area contributed by atoms with E-state index in [4.69, 9.17) is 0 Å².